The summed E-state index contributed by atoms with van der Waals surface area (Å²) in [5, 5.41) is 18.5. The molecule has 0 aliphatic heterocycles. The summed E-state index contributed by atoms with van der Waals surface area (Å²) in [6.45, 7) is 0. The highest BCUT2D eigenvalue weighted by Crippen LogP contribution is 2.33. The van der Waals surface area contributed by atoms with Gasteiger partial charge in [0.15, 0.2) is 0 Å². The monoisotopic (exact) mass is 272 g/mol. The Hall–Kier alpha value is -2.82. The first-order chi connectivity index (χ1) is 9.56. The number of aldehydes is 1. The highest BCUT2D eigenvalue weighted by molar-refractivity contribution is 5.93. The Labute approximate surface area is 115 Å². The fourth-order valence-corrected chi connectivity index (χ4v) is 1.90. The van der Waals surface area contributed by atoms with E-state index < -0.39 is 5.97 Å². The van der Waals surface area contributed by atoms with Crippen LogP contribution < -0.4 is 4.74 Å². The first-order valence-electron chi connectivity index (χ1n) is 5.76. The molecule has 0 atom stereocenters. The third kappa shape index (κ3) is 2.47. The summed E-state index contributed by atoms with van der Waals surface area (Å²) >= 11 is 0. The fraction of sp³-hybridized carbons (Fsp3) is 0.0667. The van der Waals surface area contributed by atoms with Gasteiger partial charge in [0.2, 0.25) is 0 Å². The number of phenols is 1. The molecule has 0 amide bonds. The molecule has 2 aromatic rings. The number of carboxylic acids is 1. The summed E-state index contributed by atoms with van der Waals surface area (Å²) < 4.78 is 5.20. The molecule has 0 fully saturated rings. The minimum atomic E-state index is -1.23. The molecule has 0 saturated carbocycles. The first-order valence-corrected chi connectivity index (χ1v) is 5.76. The van der Waals surface area contributed by atoms with Crippen LogP contribution in [0.5, 0.6) is 11.5 Å². The number of carbonyl (C=O) groups excluding carboxylic acids is 1. The number of ether oxygens (including phenoxy) is 1. The minimum Gasteiger partial charge on any atom is -0.507 e. The average molecular weight is 272 g/mol. The van der Waals surface area contributed by atoms with Gasteiger partial charge in [-0.2, -0.15) is 0 Å². The smallest absolute Gasteiger partial charge is 0.339 e. The summed E-state index contributed by atoms with van der Waals surface area (Å²) in [6.07, 6.45) is 0.696. The number of rotatable bonds is 4. The number of methoxy groups -OCH3 is 1. The second kappa shape index (κ2) is 5.44. The molecule has 0 aromatic heterocycles. The van der Waals surface area contributed by atoms with Crippen LogP contribution in [0.25, 0.3) is 11.1 Å². The molecular formula is C15H12O5. The maximum absolute atomic E-state index is 11.0. The highest BCUT2D eigenvalue weighted by Gasteiger charge is 2.13. The average Bonchev–Trinajstić information content (AvgIpc) is 2.46. The third-order valence-corrected chi connectivity index (χ3v) is 2.90. The molecule has 102 valence electrons. The lowest BCUT2D eigenvalue weighted by Gasteiger charge is -2.10. The third-order valence-electron chi connectivity index (χ3n) is 2.90. The van der Waals surface area contributed by atoms with Crippen LogP contribution in [0.4, 0.5) is 0 Å². The van der Waals surface area contributed by atoms with E-state index in [9.17, 15) is 14.7 Å². The lowest BCUT2D eigenvalue weighted by atomic mass is 9.99. The normalized spacial score (nSPS) is 10.1. The van der Waals surface area contributed by atoms with E-state index in [0.29, 0.717) is 28.7 Å². The molecule has 2 aromatic carbocycles. The van der Waals surface area contributed by atoms with Crippen molar-refractivity contribution in [2.24, 2.45) is 0 Å². The second-order valence-corrected chi connectivity index (χ2v) is 4.11. The topological polar surface area (TPSA) is 83.8 Å². The van der Waals surface area contributed by atoms with Crippen LogP contribution in [0.15, 0.2) is 36.4 Å². The molecule has 0 aliphatic carbocycles. The van der Waals surface area contributed by atoms with E-state index in [-0.39, 0.29) is 11.3 Å². The predicted molar refractivity (Wildman–Crippen MR) is 72.4 cm³/mol. The number of hydrogen-bond acceptors (Lipinski definition) is 4. The molecule has 0 aliphatic rings. The van der Waals surface area contributed by atoms with E-state index in [4.69, 9.17) is 9.84 Å². The predicted octanol–water partition coefficient (Wildman–Crippen LogP) is 2.58. The van der Waals surface area contributed by atoms with Crippen LogP contribution in [-0.4, -0.2) is 29.6 Å². The van der Waals surface area contributed by atoms with Crippen LogP contribution in [-0.2, 0) is 0 Å². The standard InChI is InChI=1S/C15H12O5/c1-20-14-5-2-9(8-16)6-11(14)10-3-4-13(17)12(7-10)15(18)19/h2-8,17H,1H3,(H,18,19). The maximum atomic E-state index is 11.0. The van der Waals surface area contributed by atoms with Gasteiger partial charge in [0.1, 0.15) is 23.3 Å². The van der Waals surface area contributed by atoms with Gasteiger partial charge in [-0.15, -0.1) is 0 Å². The van der Waals surface area contributed by atoms with E-state index in [1.54, 1.807) is 24.3 Å². The Morgan fingerprint density at radius 3 is 2.55 bits per heavy atom. The van der Waals surface area contributed by atoms with Crippen molar-refractivity contribution in [3.05, 3.63) is 47.5 Å². The van der Waals surface area contributed by atoms with Gasteiger partial charge >= 0.3 is 5.97 Å². The van der Waals surface area contributed by atoms with Crippen molar-refractivity contribution in [1.29, 1.82) is 0 Å². The van der Waals surface area contributed by atoms with Gasteiger partial charge in [0.25, 0.3) is 0 Å². The molecule has 20 heavy (non-hydrogen) atoms. The van der Waals surface area contributed by atoms with Crippen LogP contribution >= 0.6 is 0 Å². The van der Waals surface area contributed by atoms with E-state index in [1.807, 2.05) is 0 Å². The Balaban J connectivity index is 2.64. The van der Waals surface area contributed by atoms with Gasteiger partial charge in [0.05, 0.1) is 7.11 Å². The molecule has 5 nitrogen and oxygen atoms in total. The molecule has 0 unspecified atom stereocenters. The van der Waals surface area contributed by atoms with Crippen molar-refractivity contribution in [3.63, 3.8) is 0 Å². The molecule has 2 N–H and O–H groups in total. The van der Waals surface area contributed by atoms with Crippen molar-refractivity contribution < 1.29 is 24.5 Å². The maximum Gasteiger partial charge on any atom is 0.339 e. The van der Waals surface area contributed by atoms with Crippen molar-refractivity contribution in [2.75, 3.05) is 7.11 Å². The van der Waals surface area contributed by atoms with Crippen LogP contribution in [0.2, 0.25) is 0 Å². The Kier molecular flexibility index (Phi) is 3.70. The number of carbonyl (C=O) groups is 2. The Morgan fingerprint density at radius 2 is 1.95 bits per heavy atom. The number of benzene rings is 2. The van der Waals surface area contributed by atoms with Gasteiger partial charge in [-0.25, -0.2) is 4.79 Å². The van der Waals surface area contributed by atoms with Gasteiger partial charge in [-0.1, -0.05) is 6.07 Å². The van der Waals surface area contributed by atoms with E-state index in [2.05, 4.69) is 0 Å². The summed E-state index contributed by atoms with van der Waals surface area (Å²) in [6, 6.07) is 9.04. The number of hydrogen-bond donors (Lipinski definition) is 2. The van der Waals surface area contributed by atoms with Gasteiger partial charge < -0.3 is 14.9 Å². The minimum absolute atomic E-state index is 0.207. The molecule has 0 heterocycles. The fourth-order valence-electron chi connectivity index (χ4n) is 1.90. The van der Waals surface area contributed by atoms with Gasteiger partial charge in [-0.05, 0) is 35.9 Å². The van der Waals surface area contributed by atoms with Gasteiger partial charge in [-0.3, -0.25) is 4.79 Å². The second-order valence-electron chi connectivity index (χ2n) is 4.11. The number of aromatic carboxylic acids is 1. The molecule has 0 saturated heterocycles. The summed E-state index contributed by atoms with van der Waals surface area (Å²) in [5.74, 6) is -1.03. The van der Waals surface area contributed by atoms with Crippen LogP contribution in [0.3, 0.4) is 0 Å². The lowest BCUT2D eigenvalue weighted by molar-refractivity contribution is 0.0693. The zero-order valence-electron chi connectivity index (χ0n) is 10.7. The van der Waals surface area contributed by atoms with Crippen LogP contribution in [0, 0.1) is 0 Å². The van der Waals surface area contributed by atoms with Crippen LogP contribution in [0.1, 0.15) is 20.7 Å². The van der Waals surface area contributed by atoms with E-state index >= 15 is 0 Å². The summed E-state index contributed by atoms with van der Waals surface area (Å²) in [4.78, 5) is 21.9. The van der Waals surface area contributed by atoms with Crippen molar-refractivity contribution in [2.45, 2.75) is 0 Å². The largest absolute Gasteiger partial charge is 0.507 e. The molecule has 0 radical (unpaired) electrons. The molecule has 0 spiro atoms. The summed E-state index contributed by atoms with van der Waals surface area (Å²) in [5.41, 5.74) is 1.37. The van der Waals surface area contributed by atoms with E-state index in [0.717, 1.165) is 0 Å². The molecule has 5 heteroatoms. The van der Waals surface area contributed by atoms with E-state index in [1.165, 1.54) is 19.2 Å². The lowest BCUT2D eigenvalue weighted by Crippen LogP contribution is -1.98. The zero-order chi connectivity index (χ0) is 14.7. The Bertz CT molecular complexity index is 676. The zero-order valence-corrected chi connectivity index (χ0v) is 10.7. The van der Waals surface area contributed by atoms with Crippen molar-refractivity contribution >= 4 is 12.3 Å². The number of carboxylic acid groups (broad SMARTS) is 1. The summed E-state index contributed by atoms with van der Waals surface area (Å²) in [7, 11) is 1.48. The number of aromatic hydroxyl groups is 1. The molecular weight excluding hydrogens is 260 g/mol. The molecule has 2 rings (SSSR count). The Morgan fingerprint density at radius 1 is 1.20 bits per heavy atom. The quantitative estimate of drug-likeness (QED) is 0.836. The highest BCUT2D eigenvalue weighted by atomic mass is 16.5. The van der Waals surface area contributed by atoms with Gasteiger partial charge in [0, 0.05) is 11.1 Å². The first kappa shape index (κ1) is 13.6. The SMILES string of the molecule is COc1ccc(C=O)cc1-c1ccc(O)c(C(=O)O)c1. The molecule has 0 bridgehead atoms. The van der Waals surface area contributed by atoms with Crippen molar-refractivity contribution in [3.8, 4) is 22.6 Å². The van der Waals surface area contributed by atoms with Crippen molar-refractivity contribution in [1.82, 2.24) is 0 Å².